The quantitative estimate of drug-likeness (QED) is 0.922. The lowest BCUT2D eigenvalue weighted by Crippen LogP contribution is -2.41. The van der Waals surface area contributed by atoms with Crippen molar-refractivity contribution in [3.05, 3.63) is 48.9 Å². The van der Waals surface area contributed by atoms with E-state index in [-0.39, 0.29) is 18.1 Å². The number of pyridine rings is 1. The second-order valence-corrected chi connectivity index (χ2v) is 5.68. The van der Waals surface area contributed by atoms with Gasteiger partial charge < -0.3 is 14.6 Å². The molecule has 1 amide bonds. The van der Waals surface area contributed by atoms with E-state index in [1.807, 2.05) is 47.3 Å². The molecule has 0 aromatic carbocycles. The van der Waals surface area contributed by atoms with Gasteiger partial charge in [-0.25, -0.2) is 4.98 Å². The Morgan fingerprint density at radius 3 is 2.64 bits per heavy atom. The molecule has 3 rings (SSSR count). The van der Waals surface area contributed by atoms with E-state index in [1.165, 1.54) is 0 Å². The molecule has 0 bridgehead atoms. The Balaban J connectivity index is 1.41. The molecule has 2 heterocycles. The van der Waals surface area contributed by atoms with E-state index in [2.05, 4.69) is 10.3 Å². The predicted octanol–water partition coefficient (Wildman–Crippen LogP) is 2.39. The van der Waals surface area contributed by atoms with Crippen LogP contribution in [0, 0.1) is 0 Å². The van der Waals surface area contributed by atoms with Crippen LogP contribution in [0.1, 0.15) is 25.7 Å². The number of nitrogens with one attached hydrogen (secondary N) is 1. The second-order valence-electron chi connectivity index (χ2n) is 5.68. The third-order valence-electron chi connectivity index (χ3n) is 3.96. The highest BCUT2D eigenvalue weighted by atomic mass is 16.5. The molecule has 0 saturated heterocycles. The maximum Gasteiger partial charge on any atom is 0.240 e. The van der Waals surface area contributed by atoms with Gasteiger partial charge in [0.25, 0.3) is 0 Å². The molecule has 2 aromatic rings. The highest BCUT2D eigenvalue weighted by Gasteiger charge is 2.23. The average molecular weight is 299 g/mol. The molecule has 0 atom stereocenters. The number of ether oxygens (including phenoxy) is 1. The molecule has 1 saturated carbocycles. The molecule has 0 radical (unpaired) electrons. The van der Waals surface area contributed by atoms with E-state index >= 15 is 0 Å². The zero-order valence-electron chi connectivity index (χ0n) is 12.5. The van der Waals surface area contributed by atoms with Crippen LogP contribution in [0.5, 0.6) is 5.88 Å². The van der Waals surface area contributed by atoms with Gasteiger partial charge in [-0.2, -0.15) is 0 Å². The summed E-state index contributed by atoms with van der Waals surface area (Å²) in [6, 6.07) is 9.79. The fraction of sp³-hybridized carbons (Fsp3) is 0.412. The van der Waals surface area contributed by atoms with Gasteiger partial charge in [0.15, 0.2) is 0 Å². The zero-order chi connectivity index (χ0) is 15.2. The number of nitrogens with zero attached hydrogens (tertiary/aromatic N) is 2. The largest absolute Gasteiger partial charge is 0.474 e. The van der Waals surface area contributed by atoms with Gasteiger partial charge in [0.2, 0.25) is 11.8 Å². The van der Waals surface area contributed by atoms with Crippen molar-refractivity contribution in [2.75, 3.05) is 0 Å². The van der Waals surface area contributed by atoms with Crippen LogP contribution in [0.2, 0.25) is 0 Å². The van der Waals surface area contributed by atoms with Crippen LogP contribution in [0.15, 0.2) is 48.9 Å². The summed E-state index contributed by atoms with van der Waals surface area (Å²) in [5.74, 6) is 0.757. The van der Waals surface area contributed by atoms with Gasteiger partial charge >= 0.3 is 0 Å². The van der Waals surface area contributed by atoms with Gasteiger partial charge in [-0.05, 0) is 43.9 Å². The Labute approximate surface area is 130 Å². The Morgan fingerprint density at radius 1 is 1.18 bits per heavy atom. The summed E-state index contributed by atoms with van der Waals surface area (Å²) in [6.45, 7) is 0.386. The third-order valence-corrected chi connectivity index (χ3v) is 3.96. The van der Waals surface area contributed by atoms with Gasteiger partial charge in [0.05, 0.1) is 0 Å². The fourth-order valence-electron chi connectivity index (χ4n) is 2.83. The SMILES string of the molecule is O=C(Cn1cccc1)NC1CCC(Oc2ccccn2)CC1. The smallest absolute Gasteiger partial charge is 0.240 e. The maximum absolute atomic E-state index is 12.0. The van der Waals surface area contributed by atoms with Gasteiger partial charge in [0, 0.05) is 30.7 Å². The molecule has 0 unspecified atom stereocenters. The molecular formula is C17H21N3O2. The Kier molecular flexibility index (Phi) is 4.73. The average Bonchev–Trinajstić information content (AvgIpc) is 3.03. The van der Waals surface area contributed by atoms with E-state index in [1.54, 1.807) is 6.20 Å². The molecule has 22 heavy (non-hydrogen) atoms. The minimum atomic E-state index is 0.0743. The van der Waals surface area contributed by atoms with Gasteiger partial charge in [-0.3, -0.25) is 4.79 Å². The maximum atomic E-state index is 12.0. The zero-order valence-corrected chi connectivity index (χ0v) is 12.5. The topological polar surface area (TPSA) is 56.2 Å². The number of carbonyl (C=O) groups is 1. The van der Waals surface area contributed by atoms with Crippen molar-refractivity contribution in [3.63, 3.8) is 0 Å². The summed E-state index contributed by atoms with van der Waals surface area (Å²) >= 11 is 0. The Hall–Kier alpha value is -2.30. The van der Waals surface area contributed by atoms with E-state index < -0.39 is 0 Å². The minimum Gasteiger partial charge on any atom is -0.474 e. The van der Waals surface area contributed by atoms with Crippen molar-refractivity contribution >= 4 is 5.91 Å². The minimum absolute atomic E-state index is 0.0743. The first-order valence-corrected chi connectivity index (χ1v) is 7.77. The van der Waals surface area contributed by atoms with E-state index in [0.717, 1.165) is 25.7 Å². The lowest BCUT2D eigenvalue weighted by Gasteiger charge is -2.29. The van der Waals surface area contributed by atoms with Crippen LogP contribution in [-0.2, 0) is 11.3 Å². The monoisotopic (exact) mass is 299 g/mol. The van der Waals surface area contributed by atoms with Crippen LogP contribution in [-0.4, -0.2) is 27.6 Å². The molecule has 1 aliphatic carbocycles. The molecule has 2 aromatic heterocycles. The van der Waals surface area contributed by atoms with Crippen LogP contribution < -0.4 is 10.1 Å². The summed E-state index contributed by atoms with van der Waals surface area (Å²) in [5, 5.41) is 3.11. The first-order valence-electron chi connectivity index (χ1n) is 7.77. The molecule has 5 heteroatoms. The number of amides is 1. The van der Waals surface area contributed by atoms with Crippen molar-refractivity contribution in [2.24, 2.45) is 0 Å². The van der Waals surface area contributed by atoms with Crippen LogP contribution in [0.4, 0.5) is 0 Å². The van der Waals surface area contributed by atoms with Crippen molar-refractivity contribution in [2.45, 2.75) is 44.4 Å². The van der Waals surface area contributed by atoms with Gasteiger partial charge in [-0.15, -0.1) is 0 Å². The first kappa shape index (κ1) is 14.6. The number of hydrogen-bond donors (Lipinski definition) is 1. The van der Waals surface area contributed by atoms with E-state index in [4.69, 9.17) is 4.74 Å². The summed E-state index contributed by atoms with van der Waals surface area (Å²) in [6.07, 6.45) is 9.55. The standard InChI is InChI=1S/C17H21N3O2/c21-16(13-20-11-3-4-12-20)19-14-6-8-15(9-7-14)22-17-5-1-2-10-18-17/h1-5,10-12,14-15H,6-9,13H2,(H,19,21). The van der Waals surface area contributed by atoms with Crippen molar-refractivity contribution < 1.29 is 9.53 Å². The molecule has 1 aliphatic rings. The van der Waals surface area contributed by atoms with Crippen LogP contribution in [0.25, 0.3) is 0 Å². The van der Waals surface area contributed by atoms with Crippen LogP contribution >= 0.6 is 0 Å². The van der Waals surface area contributed by atoms with E-state index in [0.29, 0.717) is 12.4 Å². The lowest BCUT2D eigenvalue weighted by molar-refractivity contribution is -0.122. The second kappa shape index (κ2) is 7.11. The fourth-order valence-corrected chi connectivity index (χ4v) is 2.83. The number of hydrogen-bond acceptors (Lipinski definition) is 3. The molecule has 1 N–H and O–H groups in total. The van der Waals surface area contributed by atoms with Crippen molar-refractivity contribution in [1.29, 1.82) is 0 Å². The number of carbonyl (C=O) groups excluding carboxylic acids is 1. The van der Waals surface area contributed by atoms with Crippen molar-refractivity contribution in [1.82, 2.24) is 14.9 Å². The van der Waals surface area contributed by atoms with Crippen molar-refractivity contribution in [3.8, 4) is 5.88 Å². The summed E-state index contributed by atoms with van der Waals surface area (Å²) in [7, 11) is 0. The highest BCUT2D eigenvalue weighted by molar-refractivity contribution is 5.76. The number of rotatable bonds is 5. The summed E-state index contributed by atoms with van der Waals surface area (Å²) in [5.41, 5.74) is 0. The Morgan fingerprint density at radius 2 is 1.95 bits per heavy atom. The molecular weight excluding hydrogens is 278 g/mol. The van der Waals surface area contributed by atoms with Gasteiger partial charge in [-0.1, -0.05) is 6.07 Å². The predicted molar refractivity (Wildman–Crippen MR) is 83.5 cm³/mol. The normalized spacial score (nSPS) is 21.3. The number of aromatic nitrogens is 2. The van der Waals surface area contributed by atoms with E-state index in [9.17, 15) is 4.79 Å². The first-order chi connectivity index (χ1) is 10.8. The lowest BCUT2D eigenvalue weighted by atomic mass is 9.93. The molecule has 5 nitrogen and oxygen atoms in total. The Bertz CT molecular complexity index is 575. The van der Waals surface area contributed by atoms with Gasteiger partial charge in [0.1, 0.15) is 12.6 Å². The summed E-state index contributed by atoms with van der Waals surface area (Å²) in [4.78, 5) is 16.2. The molecule has 1 fully saturated rings. The molecule has 0 spiro atoms. The third kappa shape index (κ3) is 4.10. The van der Waals surface area contributed by atoms with Crippen LogP contribution in [0.3, 0.4) is 0 Å². The molecule has 116 valence electrons. The highest BCUT2D eigenvalue weighted by Crippen LogP contribution is 2.22. The summed E-state index contributed by atoms with van der Waals surface area (Å²) < 4.78 is 7.75. The molecule has 0 aliphatic heterocycles.